The summed E-state index contributed by atoms with van der Waals surface area (Å²) in [6, 6.07) is 0.00394. The molecule has 4 N–H and O–H groups in total. The monoisotopic (exact) mass is 240 g/mol. The van der Waals surface area contributed by atoms with E-state index in [4.69, 9.17) is 10.8 Å². The minimum Gasteiger partial charge on any atom is -0.396 e. The average molecular weight is 240 g/mol. The predicted molar refractivity (Wildman–Crippen MR) is 65.6 cm³/mol. The van der Waals surface area contributed by atoms with Gasteiger partial charge >= 0.3 is 0 Å². The first-order chi connectivity index (χ1) is 7.97. The molecule has 0 aromatic carbocycles. The molecule has 0 fully saturated rings. The third-order valence-electron chi connectivity index (χ3n) is 2.66. The van der Waals surface area contributed by atoms with Gasteiger partial charge in [0.25, 0.3) is 5.91 Å². The summed E-state index contributed by atoms with van der Waals surface area (Å²) in [5, 5.41) is 15.6. The fraction of sp³-hybridized carbons (Fsp3) is 0.636. The molecule has 6 nitrogen and oxygen atoms in total. The molecule has 1 amide bonds. The number of aromatic nitrogens is 2. The van der Waals surface area contributed by atoms with Crippen LogP contribution in [-0.4, -0.2) is 33.4 Å². The van der Waals surface area contributed by atoms with Crippen LogP contribution < -0.4 is 11.1 Å². The first-order valence-electron chi connectivity index (χ1n) is 5.68. The van der Waals surface area contributed by atoms with E-state index >= 15 is 0 Å². The number of nitrogens with two attached hydrogens (primary N) is 1. The number of nitrogens with one attached hydrogen (secondary N) is 1. The van der Waals surface area contributed by atoms with E-state index in [1.54, 1.807) is 14.0 Å². The van der Waals surface area contributed by atoms with Crippen molar-refractivity contribution in [2.45, 2.75) is 32.7 Å². The molecule has 96 valence electrons. The van der Waals surface area contributed by atoms with E-state index in [9.17, 15) is 4.79 Å². The third kappa shape index (κ3) is 3.20. The van der Waals surface area contributed by atoms with Gasteiger partial charge in [0, 0.05) is 19.7 Å². The van der Waals surface area contributed by atoms with Gasteiger partial charge in [-0.3, -0.25) is 9.48 Å². The smallest absolute Gasteiger partial charge is 0.271 e. The number of nitrogen functional groups attached to an aromatic ring is 1. The van der Waals surface area contributed by atoms with Crippen LogP contribution in [0, 0.1) is 6.92 Å². The molecule has 0 aliphatic heterocycles. The standard InChI is InChI=1S/C11H20N4O2/c1-7(5-4-6-16)13-11(17)10-9(12)8(2)14-15(10)3/h7,16H,4-6,12H2,1-3H3,(H,13,17). The number of carbonyl (C=O) groups excluding carboxylic acids is 1. The molecule has 0 aliphatic rings. The maximum absolute atomic E-state index is 12.0. The van der Waals surface area contributed by atoms with E-state index in [0.29, 0.717) is 23.5 Å². The van der Waals surface area contributed by atoms with E-state index in [1.165, 1.54) is 4.68 Å². The highest BCUT2D eigenvalue weighted by Crippen LogP contribution is 2.15. The summed E-state index contributed by atoms with van der Waals surface area (Å²) in [5.74, 6) is -0.226. The fourth-order valence-electron chi connectivity index (χ4n) is 1.71. The molecule has 6 heteroatoms. The summed E-state index contributed by atoms with van der Waals surface area (Å²) in [7, 11) is 1.69. The van der Waals surface area contributed by atoms with Gasteiger partial charge < -0.3 is 16.2 Å². The molecule has 0 bridgehead atoms. The molecule has 1 aromatic rings. The molecule has 1 heterocycles. The number of hydrogen-bond donors (Lipinski definition) is 3. The number of aryl methyl sites for hydroxylation is 2. The number of aliphatic hydroxyl groups is 1. The van der Waals surface area contributed by atoms with Crippen molar-refractivity contribution < 1.29 is 9.90 Å². The van der Waals surface area contributed by atoms with Crippen LogP contribution in [0.5, 0.6) is 0 Å². The van der Waals surface area contributed by atoms with Crippen molar-refractivity contribution in [3.05, 3.63) is 11.4 Å². The zero-order valence-corrected chi connectivity index (χ0v) is 10.5. The third-order valence-corrected chi connectivity index (χ3v) is 2.66. The van der Waals surface area contributed by atoms with Gasteiger partial charge in [-0.1, -0.05) is 0 Å². The lowest BCUT2D eigenvalue weighted by atomic mass is 10.2. The van der Waals surface area contributed by atoms with Crippen molar-refractivity contribution in [1.82, 2.24) is 15.1 Å². The lowest BCUT2D eigenvalue weighted by molar-refractivity contribution is 0.0928. The highest BCUT2D eigenvalue weighted by molar-refractivity contribution is 5.98. The molecule has 0 saturated carbocycles. The molecular weight excluding hydrogens is 220 g/mol. The Balaban J connectivity index is 2.70. The van der Waals surface area contributed by atoms with Crippen molar-refractivity contribution in [3.63, 3.8) is 0 Å². The molecule has 1 rings (SSSR count). The fourth-order valence-corrected chi connectivity index (χ4v) is 1.71. The van der Waals surface area contributed by atoms with Gasteiger partial charge in [-0.15, -0.1) is 0 Å². The zero-order chi connectivity index (χ0) is 13.0. The SMILES string of the molecule is Cc1nn(C)c(C(=O)NC(C)CCCO)c1N. The Hall–Kier alpha value is -1.56. The van der Waals surface area contributed by atoms with E-state index < -0.39 is 0 Å². The highest BCUT2D eigenvalue weighted by atomic mass is 16.3. The van der Waals surface area contributed by atoms with Crippen LogP contribution in [0.3, 0.4) is 0 Å². The van der Waals surface area contributed by atoms with E-state index in [0.717, 1.165) is 6.42 Å². The van der Waals surface area contributed by atoms with Crippen molar-refractivity contribution in [3.8, 4) is 0 Å². The number of hydrogen-bond acceptors (Lipinski definition) is 4. The normalized spacial score (nSPS) is 12.5. The number of anilines is 1. The van der Waals surface area contributed by atoms with Gasteiger partial charge in [-0.2, -0.15) is 5.10 Å². The van der Waals surface area contributed by atoms with Crippen LogP contribution in [0.25, 0.3) is 0 Å². The van der Waals surface area contributed by atoms with Crippen molar-refractivity contribution in [2.75, 3.05) is 12.3 Å². The molecular formula is C11H20N4O2. The second-order valence-corrected chi connectivity index (χ2v) is 4.21. The van der Waals surface area contributed by atoms with Crippen LogP contribution in [0.4, 0.5) is 5.69 Å². The van der Waals surface area contributed by atoms with Crippen molar-refractivity contribution in [1.29, 1.82) is 0 Å². The van der Waals surface area contributed by atoms with E-state index in [-0.39, 0.29) is 18.6 Å². The number of amides is 1. The van der Waals surface area contributed by atoms with Gasteiger partial charge in [-0.25, -0.2) is 0 Å². The maximum atomic E-state index is 12.0. The summed E-state index contributed by atoms with van der Waals surface area (Å²) in [5.41, 5.74) is 7.25. The predicted octanol–water partition coefficient (Wildman–Crippen LogP) is 0.202. The molecule has 1 unspecified atom stereocenters. The number of aliphatic hydroxyl groups excluding tert-OH is 1. The van der Waals surface area contributed by atoms with Crippen LogP contribution >= 0.6 is 0 Å². The van der Waals surface area contributed by atoms with Crippen LogP contribution in [0.2, 0.25) is 0 Å². The Labute approximate surface area is 101 Å². The molecule has 1 atom stereocenters. The first-order valence-corrected chi connectivity index (χ1v) is 5.68. The van der Waals surface area contributed by atoms with Gasteiger partial charge in [-0.05, 0) is 26.7 Å². The molecule has 0 saturated heterocycles. The first kappa shape index (κ1) is 13.5. The Morgan fingerprint density at radius 3 is 2.76 bits per heavy atom. The van der Waals surface area contributed by atoms with Crippen LogP contribution in [0.1, 0.15) is 35.9 Å². The lowest BCUT2D eigenvalue weighted by Gasteiger charge is -2.13. The van der Waals surface area contributed by atoms with E-state index in [1.807, 2.05) is 6.92 Å². The van der Waals surface area contributed by atoms with Crippen LogP contribution in [-0.2, 0) is 7.05 Å². The molecule has 0 spiro atoms. The summed E-state index contributed by atoms with van der Waals surface area (Å²) in [6.07, 6.45) is 1.40. The van der Waals surface area contributed by atoms with Crippen LogP contribution in [0.15, 0.2) is 0 Å². The molecule has 17 heavy (non-hydrogen) atoms. The minimum absolute atomic E-state index is 0.00394. The van der Waals surface area contributed by atoms with Gasteiger partial charge in [0.1, 0.15) is 5.69 Å². The lowest BCUT2D eigenvalue weighted by Crippen LogP contribution is -2.34. The quantitative estimate of drug-likeness (QED) is 0.685. The second kappa shape index (κ2) is 5.67. The molecule has 0 radical (unpaired) electrons. The van der Waals surface area contributed by atoms with Crippen molar-refractivity contribution in [2.24, 2.45) is 7.05 Å². The Kier molecular flexibility index (Phi) is 4.51. The van der Waals surface area contributed by atoms with Gasteiger partial charge in [0.15, 0.2) is 0 Å². The van der Waals surface area contributed by atoms with E-state index in [2.05, 4.69) is 10.4 Å². The molecule has 0 aliphatic carbocycles. The minimum atomic E-state index is -0.226. The van der Waals surface area contributed by atoms with Gasteiger partial charge in [0.2, 0.25) is 0 Å². The summed E-state index contributed by atoms with van der Waals surface area (Å²) in [6.45, 7) is 3.79. The number of rotatable bonds is 5. The summed E-state index contributed by atoms with van der Waals surface area (Å²) in [4.78, 5) is 12.0. The Morgan fingerprint density at radius 2 is 2.29 bits per heavy atom. The molecule has 1 aromatic heterocycles. The van der Waals surface area contributed by atoms with Crippen molar-refractivity contribution >= 4 is 11.6 Å². The topological polar surface area (TPSA) is 93.2 Å². The average Bonchev–Trinajstić information content (AvgIpc) is 2.50. The second-order valence-electron chi connectivity index (χ2n) is 4.21. The largest absolute Gasteiger partial charge is 0.396 e. The number of nitrogens with zero attached hydrogens (tertiary/aromatic N) is 2. The Bertz CT molecular complexity index is 400. The summed E-state index contributed by atoms with van der Waals surface area (Å²) >= 11 is 0. The summed E-state index contributed by atoms with van der Waals surface area (Å²) < 4.78 is 1.48. The van der Waals surface area contributed by atoms with Gasteiger partial charge in [0.05, 0.1) is 11.4 Å². The highest BCUT2D eigenvalue weighted by Gasteiger charge is 2.19. The number of carbonyl (C=O) groups is 1. The zero-order valence-electron chi connectivity index (χ0n) is 10.5. The Morgan fingerprint density at radius 1 is 1.65 bits per heavy atom. The maximum Gasteiger partial charge on any atom is 0.271 e.